The van der Waals surface area contributed by atoms with Gasteiger partial charge in [-0.15, -0.1) is 0 Å². The Morgan fingerprint density at radius 3 is 2.55 bits per heavy atom. The van der Waals surface area contributed by atoms with Crippen molar-refractivity contribution in [2.75, 3.05) is 5.32 Å². The first-order valence-electron chi connectivity index (χ1n) is 6.92. The first kappa shape index (κ1) is 15.7. The van der Waals surface area contributed by atoms with E-state index in [0.717, 1.165) is 0 Å². The van der Waals surface area contributed by atoms with Crippen molar-refractivity contribution in [1.29, 1.82) is 0 Å². The number of aliphatic carboxylic acids is 1. The maximum absolute atomic E-state index is 11.3. The number of carbonyl (C=O) groups is 2. The number of nitrogens with two attached hydrogens (primary N) is 1. The lowest BCUT2D eigenvalue weighted by Gasteiger charge is -2.16. The van der Waals surface area contributed by atoms with Gasteiger partial charge in [-0.05, 0) is 12.1 Å². The van der Waals surface area contributed by atoms with E-state index in [4.69, 9.17) is 5.73 Å². The number of nitrogens with one attached hydrogen (secondary N) is 1. The summed E-state index contributed by atoms with van der Waals surface area (Å²) < 4.78 is 0. The molecule has 1 atom stereocenters. The van der Waals surface area contributed by atoms with Gasteiger partial charge in [0.05, 0.1) is 11.9 Å². The fourth-order valence-electron chi connectivity index (χ4n) is 2.03. The molecule has 1 amide bonds. The van der Waals surface area contributed by atoms with Crippen LogP contribution in [0.4, 0.5) is 5.82 Å². The molecule has 0 aliphatic rings. The van der Waals surface area contributed by atoms with E-state index in [1.165, 1.54) is 0 Å². The van der Waals surface area contributed by atoms with Crippen LogP contribution < -0.4 is 11.1 Å². The fraction of sp³-hybridized carbons (Fsp3) is 0.333. The van der Waals surface area contributed by atoms with E-state index in [0.29, 0.717) is 22.5 Å². The molecule has 0 aliphatic carbocycles. The number of rotatable bonds is 6. The molecule has 1 aromatic carbocycles. The number of hydrogen-bond donors (Lipinski definition) is 3. The van der Waals surface area contributed by atoms with Gasteiger partial charge < -0.3 is 16.2 Å². The Morgan fingerprint density at radius 1 is 1.27 bits per heavy atom. The first-order valence-corrected chi connectivity index (χ1v) is 6.92. The molecule has 4 N–H and O–H groups in total. The van der Waals surface area contributed by atoms with E-state index in [9.17, 15) is 14.7 Å². The largest absolute Gasteiger partial charge is 0.480 e. The topological polar surface area (TPSA) is 118 Å². The molecule has 7 heteroatoms. The van der Waals surface area contributed by atoms with Crippen molar-refractivity contribution in [3.8, 4) is 0 Å². The molecule has 1 heterocycles. The Hall–Kier alpha value is -2.70. The fourth-order valence-corrected chi connectivity index (χ4v) is 2.03. The highest BCUT2D eigenvalue weighted by atomic mass is 16.4. The number of hydrogen-bond acceptors (Lipinski definition) is 5. The van der Waals surface area contributed by atoms with Crippen LogP contribution in [0.5, 0.6) is 0 Å². The molecule has 0 saturated heterocycles. The average Bonchev–Trinajstić information content (AvgIpc) is 2.45. The van der Waals surface area contributed by atoms with E-state index >= 15 is 0 Å². The quantitative estimate of drug-likeness (QED) is 0.744. The number of primary amides is 1. The highest BCUT2D eigenvalue weighted by molar-refractivity contribution is 5.92. The normalized spacial score (nSPS) is 12.3. The third kappa shape index (κ3) is 3.49. The van der Waals surface area contributed by atoms with Crippen LogP contribution in [0.15, 0.2) is 24.3 Å². The van der Waals surface area contributed by atoms with Gasteiger partial charge in [0.2, 0.25) is 5.91 Å². The van der Waals surface area contributed by atoms with Crippen molar-refractivity contribution in [3.05, 3.63) is 30.1 Å². The van der Waals surface area contributed by atoms with E-state index in [1.54, 1.807) is 6.07 Å². The molecule has 22 heavy (non-hydrogen) atoms. The third-order valence-corrected chi connectivity index (χ3v) is 3.15. The standard InChI is InChI=1S/C15H18N4O3/c1-8(2)13-17-10-6-4-3-5-9(10)14(19-13)18-11(15(21)22)7-12(16)20/h3-6,8,11H,7H2,1-2H3,(H2,16,20)(H,21,22)(H,17,18,19). The zero-order chi connectivity index (χ0) is 16.3. The molecule has 2 rings (SSSR count). The predicted molar refractivity (Wildman–Crippen MR) is 82.5 cm³/mol. The summed E-state index contributed by atoms with van der Waals surface area (Å²) in [5.74, 6) is -0.771. The van der Waals surface area contributed by atoms with Gasteiger partial charge in [-0.2, -0.15) is 0 Å². The van der Waals surface area contributed by atoms with E-state index < -0.39 is 17.9 Å². The molecule has 0 spiro atoms. The van der Waals surface area contributed by atoms with Crippen molar-refractivity contribution in [2.45, 2.75) is 32.2 Å². The lowest BCUT2D eigenvalue weighted by atomic mass is 10.1. The minimum Gasteiger partial charge on any atom is -0.480 e. The Balaban J connectivity index is 2.48. The molecule has 1 aromatic heterocycles. The van der Waals surface area contributed by atoms with Crippen molar-refractivity contribution in [2.24, 2.45) is 5.73 Å². The summed E-state index contributed by atoms with van der Waals surface area (Å²) in [6.45, 7) is 3.90. The summed E-state index contributed by atoms with van der Waals surface area (Å²) in [4.78, 5) is 31.2. The van der Waals surface area contributed by atoms with Crippen LogP contribution in [0, 0.1) is 0 Å². The lowest BCUT2D eigenvalue weighted by Crippen LogP contribution is -2.34. The molecule has 7 nitrogen and oxygen atoms in total. The van der Waals surface area contributed by atoms with Crippen LogP contribution in [0.1, 0.15) is 32.0 Å². The molecular formula is C15H18N4O3. The number of para-hydroxylation sites is 1. The Labute approximate surface area is 127 Å². The van der Waals surface area contributed by atoms with E-state index in [1.807, 2.05) is 32.0 Å². The SMILES string of the molecule is CC(C)c1nc(NC(CC(N)=O)C(=O)O)c2ccccc2n1. The van der Waals surface area contributed by atoms with Crippen molar-refractivity contribution < 1.29 is 14.7 Å². The van der Waals surface area contributed by atoms with Gasteiger partial charge >= 0.3 is 5.97 Å². The number of carbonyl (C=O) groups excluding carboxylic acids is 1. The second kappa shape index (κ2) is 6.38. The molecular weight excluding hydrogens is 284 g/mol. The number of amides is 1. The van der Waals surface area contributed by atoms with Gasteiger partial charge in [0, 0.05) is 11.3 Å². The molecule has 1 unspecified atom stereocenters. The molecule has 0 bridgehead atoms. The first-order chi connectivity index (χ1) is 10.4. The van der Waals surface area contributed by atoms with E-state index in [-0.39, 0.29) is 12.3 Å². The van der Waals surface area contributed by atoms with Crippen LogP contribution in [-0.2, 0) is 9.59 Å². The summed E-state index contributed by atoms with van der Waals surface area (Å²) in [7, 11) is 0. The van der Waals surface area contributed by atoms with Crippen LogP contribution in [0.25, 0.3) is 10.9 Å². The number of benzene rings is 1. The summed E-state index contributed by atoms with van der Waals surface area (Å²) in [5.41, 5.74) is 5.82. The minimum absolute atomic E-state index is 0.0876. The highest BCUT2D eigenvalue weighted by Gasteiger charge is 2.22. The van der Waals surface area contributed by atoms with Gasteiger partial charge in [-0.25, -0.2) is 14.8 Å². The van der Waals surface area contributed by atoms with Crippen molar-refractivity contribution in [1.82, 2.24) is 9.97 Å². The number of aromatic nitrogens is 2. The van der Waals surface area contributed by atoms with Crippen LogP contribution >= 0.6 is 0 Å². The Bertz CT molecular complexity index is 715. The molecule has 0 fully saturated rings. The summed E-state index contributed by atoms with van der Waals surface area (Å²) >= 11 is 0. The smallest absolute Gasteiger partial charge is 0.326 e. The van der Waals surface area contributed by atoms with Crippen LogP contribution in [0.3, 0.4) is 0 Å². The molecule has 0 saturated carbocycles. The predicted octanol–water partition coefficient (Wildman–Crippen LogP) is 1.49. The van der Waals surface area contributed by atoms with Gasteiger partial charge in [-0.3, -0.25) is 4.79 Å². The van der Waals surface area contributed by atoms with Gasteiger partial charge in [-0.1, -0.05) is 26.0 Å². The number of anilines is 1. The number of fused-ring (bicyclic) bond motifs is 1. The van der Waals surface area contributed by atoms with Gasteiger partial charge in [0.25, 0.3) is 0 Å². The van der Waals surface area contributed by atoms with E-state index in [2.05, 4.69) is 15.3 Å². The number of nitrogens with zero attached hydrogens (tertiary/aromatic N) is 2. The second-order valence-electron chi connectivity index (χ2n) is 5.31. The Kier molecular flexibility index (Phi) is 4.55. The lowest BCUT2D eigenvalue weighted by molar-refractivity contribution is -0.139. The second-order valence-corrected chi connectivity index (χ2v) is 5.31. The van der Waals surface area contributed by atoms with Crippen LogP contribution in [0.2, 0.25) is 0 Å². The highest BCUT2D eigenvalue weighted by Crippen LogP contribution is 2.23. The maximum atomic E-state index is 11.3. The van der Waals surface area contributed by atoms with Crippen molar-refractivity contribution in [3.63, 3.8) is 0 Å². The summed E-state index contributed by atoms with van der Waals surface area (Å²) in [5, 5.41) is 12.7. The summed E-state index contributed by atoms with van der Waals surface area (Å²) in [6.07, 6.45) is -0.315. The van der Waals surface area contributed by atoms with Gasteiger partial charge in [0.15, 0.2) is 0 Å². The molecule has 0 aliphatic heterocycles. The molecule has 116 valence electrons. The summed E-state index contributed by atoms with van der Waals surface area (Å²) in [6, 6.07) is 6.16. The third-order valence-electron chi connectivity index (χ3n) is 3.15. The minimum atomic E-state index is -1.16. The van der Waals surface area contributed by atoms with Gasteiger partial charge in [0.1, 0.15) is 17.7 Å². The molecule has 2 aromatic rings. The number of carboxylic acid groups (broad SMARTS) is 1. The average molecular weight is 302 g/mol. The zero-order valence-corrected chi connectivity index (χ0v) is 12.4. The maximum Gasteiger partial charge on any atom is 0.326 e. The number of carboxylic acids is 1. The molecule has 0 radical (unpaired) electrons. The zero-order valence-electron chi connectivity index (χ0n) is 12.4. The Morgan fingerprint density at radius 2 is 1.95 bits per heavy atom. The monoisotopic (exact) mass is 302 g/mol. The van der Waals surface area contributed by atoms with Crippen LogP contribution in [-0.4, -0.2) is 33.0 Å². The van der Waals surface area contributed by atoms with Crippen molar-refractivity contribution >= 4 is 28.6 Å².